The van der Waals surface area contributed by atoms with Crippen LogP contribution >= 0.6 is 0 Å². The molecule has 266 valence electrons. The molecule has 0 amide bonds. The normalized spacial score (nSPS) is 57.2. The number of carbonyl (C=O) groups is 1. The van der Waals surface area contributed by atoms with Crippen LogP contribution < -0.4 is 0 Å². The molecule has 5 saturated carbocycles. The fourth-order valence-electron chi connectivity index (χ4n) is 14.1. The molecular formula is C39H62O8. The van der Waals surface area contributed by atoms with Crippen LogP contribution in [0.5, 0.6) is 0 Å². The number of aliphatic carboxylic acids is 1. The van der Waals surface area contributed by atoms with Crippen LogP contribution in [0.15, 0.2) is 0 Å². The second kappa shape index (κ2) is 11.6. The first-order chi connectivity index (χ1) is 22.3. The Morgan fingerprint density at radius 3 is 2.38 bits per heavy atom. The molecule has 9 aliphatic rings. The molecule has 9 rings (SSSR count). The number of ether oxygens (including phenoxy) is 3. The molecule has 4 heterocycles. The van der Waals surface area contributed by atoms with Crippen LogP contribution in [0.1, 0.15) is 131 Å². The minimum Gasteiger partial charge on any atom is -0.481 e. The molecule has 0 aromatic rings. The lowest BCUT2D eigenvalue weighted by atomic mass is 9.43. The summed E-state index contributed by atoms with van der Waals surface area (Å²) in [5.41, 5.74) is -0.142. The predicted octanol–water partition coefficient (Wildman–Crippen LogP) is 7.71. The maximum atomic E-state index is 11.9. The zero-order chi connectivity index (χ0) is 33.1. The van der Waals surface area contributed by atoms with Crippen LogP contribution in [0.2, 0.25) is 0 Å². The maximum Gasteiger partial charge on any atom is 0.303 e. The number of carboxylic acid groups (broad SMARTS) is 1. The molecule has 4 aliphatic heterocycles. The van der Waals surface area contributed by atoms with E-state index in [-0.39, 0.29) is 47.6 Å². The van der Waals surface area contributed by atoms with E-state index < -0.39 is 23.6 Å². The number of hydrogen-bond acceptors (Lipinski definition) is 7. The number of carboxylic acids is 1. The minimum absolute atomic E-state index is 0.118. The van der Waals surface area contributed by atoms with Crippen LogP contribution in [0.3, 0.4) is 0 Å². The second-order valence-corrected chi connectivity index (χ2v) is 18.7. The van der Waals surface area contributed by atoms with Crippen molar-refractivity contribution >= 4 is 5.97 Å². The van der Waals surface area contributed by atoms with Gasteiger partial charge in [0.1, 0.15) is 0 Å². The van der Waals surface area contributed by atoms with Gasteiger partial charge in [-0.2, -0.15) is 0 Å². The highest BCUT2D eigenvalue weighted by Crippen LogP contribution is 2.69. The topological polar surface area (TPSA) is 104 Å². The van der Waals surface area contributed by atoms with E-state index in [9.17, 15) is 15.0 Å². The van der Waals surface area contributed by atoms with Gasteiger partial charge in [-0.25, -0.2) is 9.78 Å². The fourth-order valence-corrected chi connectivity index (χ4v) is 14.1. The second-order valence-electron chi connectivity index (χ2n) is 18.7. The van der Waals surface area contributed by atoms with Gasteiger partial charge in [0, 0.05) is 24.7 Å². The smallest absolute Gasteiger partial charge is 0.303 e. The predicted molar refractivity (Wildman–Crippen MR) is 174 cm³/mol. The molecule has 2 N–H and O–H groups in total. The highest BCUT2D eigenvalue weighted by molar-refractivity contribution is 5.66. The van der Waals surface area contributed by atoms with Gasteiger partial charge in [-0.15, -0.1) is 0 Å². The third kappa shape index (κ3) is 4.98. The van der Waals surface area contributed by atoms with Crippen molar-refractivity contribution in [2.45, 2.75) is 168 Å². The summed E-state index contributed by atoms with van der Waals surface area (Å²) in [5, 5.41) is 21.3. The zero-order valence-corrected chi connectivity index (χ0v) is 29.8. The van der Waals surface area contributed by atoms with Crippen LogP contribution in [-0.2, 0) is 28.8 Å². The quantitative estimate of drug-likeness (QED) is 0.221. The highest BCUT2D eigenvalue weighted by atomic mass is 17.3. The summed E-state index contributed by atoms with van der Waals surface area (Å²) in [6.07, 6.45) is 12.9. The lowest BCUT2D eigenvalue weighted by Crippen LogP contribution is -2.70. The monoisotopic (exact) mass is 658 g/mol. The van der Waals surface area contributed by atoms with Crippen molar-refractivity contribution in [3.05, 3.63) is 0 Å². The van der Waals surface area contributed by atoms with Gasteiger partial charge in [-0.3, -0.25) is 4.79 Å². The van der Waals surface area contributed by atoms with Gasteiger partial charge in [0.2, 0.25) is 5.79 Å². The van der Waals surface area contributed by atoms with E-state index in [2.05, 4.69) is 34.6 Å². The first-order valence-electron chi connectivity index (χ1n) is 19.5. The molecule has 9 unspecified atom stereocenters. The summed E-state index contributed by atoms with van der Waals surface area (Å²) in [6, 6.07) is 0. The summed E-state index contributed by atoms with van der Waals surface area (Å²) in [5.74, 6) is 2.72. The number of rotatable bonds is 6. The third-order valence-corrected chi connectivity index (χ3v) is 16.6. The van der Waals surface area contributed by atoms with E-state index in [0.717, 1.165) is 51.4 Å². The van der Waals surface area contributed by atoms with Crippen LogP contribution in [0.25, 0.3) is 0 Å². The molecule has 9 fully saturated rings. The van der Waals surface area contributed by atoms with Crippen LogP contribution in [0.4, 0.5) is 0 Å². The Balaban J connectivity index is 0.961. The Labute approximate surface area is 282 Å². The summed E-state index contributed by atoms with van der Waals surface area (Å²) in [7, 11) is 0. The Morgan fingerprint density at radius 2 is 1.60 bits per heavy atom. The summed E-state index contributed by atoms with van der Waals surface area (Å²) in [4.78, 5) is 23.7. The van der Waals surface area contributed by atoms with Crippen molar-refractivity contribution in [3.63, 3.8) is 0 Å². The molecule has 1 spiro atoms. The Morgan fingerprint density at radius 1 is 0.872 bits per heavy atom. The van der Waals surface area contributed by atoms with E-state index in [1.54, 1.807) is 0 Å². The number of hydrogen-bond donors (Lipinski definition) is 2. The van der Waals surface area contributed by atoms with E-state index in [1.165, 1.54) is 32.1 Å². The van der Waals surface area contributed by atoms with Gasteiger partial charge in [-0.1, -0.05) is 34.6 Å². The lowest BCUT2D eigenvalue weighted by molar-refractivity contribution is -0.578. The lowest BCUT2D eigenvalue weighted by Gasteiger charge is -2.63. The van der Waals surface area contributed by atoms with Gasteiger partial charge < -0.3 is 24.4 Å². The molecule has 8 heteroatoms. The highest BCUT2D eigenvalue weighted by Gasteiger charge is 2.70. The molecule has 5 aliphatic carbocycles. The van der Waals surface area contributed by atoms with E-state index in [0.29, 0.717) is 47.3 Å². The van der Waals surface area contributed by atoms with Crippen molar-refractivity contribution < 1.29 is 39.0 Å². The first-order valence-corrected chi connectivity index (χ1v) is 19.5. The maximum absolute atomic E-state index is 11.9. The molecule has 0 radical (unpaired) electrons. The van der Waals surface area contributed by atoms with E-state index >= 15 is 0 Å². The zero-order valence-electron chi connectivity index (χ0n) is 29.8. The molecule has 2 bridgehead atoms. The Bertz CT molecular complexity index is 1210. The van der Waals surface area contributed by atoms with Crippen LogP contribution in [-0.4, -0.2) is 52.4 Å². The minimum atomic E-state index is -0.782. The van der Waals surface area contributed by atoms with Gasteiger partial charge in [-0.05, 0) is 142 Å². The van der Waals surface area contributed by atoms with Crippen molar-refractivity contribution in [3.8, 4) is 0 Å². The van der Waals surface area contributed by atoms with Gasteiger partial charge in [0.25, 0.3) is 0 Å². The number of aliphatic hydroxyl groups is 1. The summed E-state index contributed by atoms with van der Waals surface area (Å²) < 4.78 is 20.4. The van der Waals surface area contributed by atoms with Gasteiger partial charge in [0.05, 0.1) is 12.2 Å². The van der Waals surface area contributed by atoms with E-state index in [1.807, 2.05) is 6.92 Å². The Kier molecular flexibility index (Phi) is 8.26. The first kappa shape index (κ1) is 33.4. The van der Waals surface area contributed by atoms with Gasteiger partial charge in [0.15, 0.2) is 18.2 Å². The number of aliphatic hydroxyl groups excluding tert-OH is 1. The average Bonchev–Trinajstić information content (AvgIpc) is 3.22. The SMILES string of the molecule is C[C@H]1C(O[C@@H]2CC[C@@]3(C)C(C2)C[C@H](O)C2C3CC[C@@]3(C)C2CC[C@@H]3[C@H](C)CCC(=O)O)OC2OC3(C)CCC4[C@H](C)CCC1[C@@]24OO3. The molecule has 0 aromatic carbocycles. The molecule has 18 atom stereocenters. The molecule has 0 aromatic heterocycles. The van der Waals surface area contributed by atoms with Gasteiger partial charge >= 0.3 is 5.97 Å². The third-order valence-electron chi connectivity index (χ3n) is 16.6. The summed E-state index contributed by atoms with van der Waals surface area (Å²) >= 11 is 0. The molecular weight excluding hydrogens is 596 g/mol. The van der Waals surface area contributed by atoms with Crippen molar-refractivity contribution in [1.29, 1.82) is 0 Å². The van der Waals surface area contributed by atoms with Crippen LogP contribution in [0, 0.1) is 70.0 Å². The van der Waals surface area contributed by atoms with Crippen molar-refractivity contribution in [2.24, 2.45) is 70.0 Å². The molecule has 8 nitrogen and oxygen atoms in total. The number of fused-ring (bicyclic) bond motifs is 7. The standard InChI is InChI=1S/C39H62O8/c1-21(8-12-32(41)42)26-10-11-29-33-30(14-17-37(26,29)5)36(4)16-13-25(19-24(36)20-31(33)40)43-34-23(3)28-9-7-22(2)27-15-18-38(6)45-35(44-34)39(27,28)47-46-38/h21-31,33-35,40H,7-20H2,1-6H3,(H,41,42)/t21-,22-,23-,24?,25-,26-,27?,28?,29?,30?,31+,33?,34?,35?,36+,37-,38?,39-/m1/s1. The average molecular weight is 659 g/mol. The fraction of sp³-hybridized carbons (Fsp3) is 0.974. The van der Waals surface area contributed by atoms with Crippen molar-refractivity contribution in [2.75, 3.05) is 0 Å². The largest absolute Gasteiger partial charge is 0.481 e. The Hall–Kier alpha value is -0.770. The summed E-state index contributed by atoms with van der Waals surface area (Å²) in [6.45, 7) is 13.9. The van der Waals surface area contributed by atoms with E-state index in [4.69, 9.17) is 24.0 Å². The molecule has 47 heavy (non-hydrogen) atoms. The molecule has 4 saturated heterocycles. The van der Waals surface area contributed by atoms with Crippen molar-refractivity contribution in [1.82, 2.24) is 0 Å².